The Bertz CT molecular complexity index is 1700. The maximum absolute atomic E-state index is 13.6. The van der Waals surface area contributed by atoms with Gasteiger partial charge in [0.15, 0.2) is 0 Å². The molecule has 6 heteroatoms. The summed E-state index contributed by atoms with van der Waals surface area (Å²) in [5, 5.41) is 5.34. The lowest BCUT2D eigenvalue weighted by Gasteiger charge is -2.38. The summed E-state index contributed by atoms with van der Waals surface area (Å²) < 4.78 is 10.9. The molecule has 6 rings (SSSR count). The molecule has 0 saturated carbocycles. The van der Waals surface area contributed by atoms with Crippen molar-refractivity contribution in [2.75, 3.05) is 20.2 Å². The maximum atomic E-state index is 13.6. The average Bonchev–Trinajstić information content (AvgIpc) is 3.05. The van der Waals surface area contributed by atoms with E-state index in [4.69, 9.17) is 9.47 Å². The summed E-state index contributed by atoms with van der Waals surface area (Å²) in [4.78, 5) is 28.4. The van der Waals surface area contributed by atoms with Gasteiger partial charge in [-0.3, -0.25) is 4.79 Å². The molecule has 0 radical (unpaired) electrons. The normalized spacial score (nSPS) is 16.5. The third-order valence-corrected chi connectivity index (χ3v) is 7.89. The highest BCUT2D eigenvalue weighted by Gasteiger charge is 2.34. The van der Waals surface area contributed by atoms with E-state index in [1.54, 1.807) is 36.3 Å². The number of fused-ring (bicyclic) bond motifs is 1. The number of nitrogens with one attached hydrogen (secondary N) is 1. The summed E-state index contributed by atoms with van der Waals surface area (Å²) in [6, 6.07) is 39.1. The molecule has 5 aromatic carbocycles. The minimum Gasteiger partial charge on any atom is -0.497 e. The van der Waals surface area contributed by atoms with E-state index in [0.717, 1.165) is 27.5 Å². The molecule has 6 nitrogen and oxygen atoms in total. The van der Waals surface area contributed by atoms with Crippen molar-refractivity contribution in [2.24, 2.45) is 0 Å². The Labute approximate surface area is 245 Å². The van der Waals surface area contributed by atoms with Crippen LogP contribution < -0.4 is 14.8 Å². The highest BCUT2D eigenvalue weighted by molar-refractivity contribution is 5.98. The molecule has 1 saturated heterocycles. The van der Waals surface area contributed by atoms with Gasteiger partial charge in [-0.15, -0.1) is 0 Å². The average molecular weight is 557 g/mol. The predicted octanol–water partition coefficient (Wildman–Crippen LogP) is 7.30. The van der Waals surface area contributed by atoms with Crippen LogP contribution in [0.15, 0.2) is 121 Å². The number of nitrogens with zero attached hydrogens (tertiary/aromatic N) is 1. The molecule has 1 aliphatic heterocycles. The van der Waals surface area contributed by atoms with Gasteiger partial charge in [0, 0.05) is 30.6 Å². The molecule has 0 aliphatic carbocycles. The zero-order valence-electron chi connectivity index (χ0n) is 23.4. The Hall–Kier alpha value is -5.10. The first-order chi connectivity index (χ1) is 20.6. The van der Waals surface area contributed by atoms with E-state index in [1.807, 2.05) is 60.7 Å². The van der Waals surface area contributed by atoms with Crippen molar-refractivity contribution in [1.82, 2.24) is 10.2 Å². The van der Waals surface area contributed by atoms with Crippen LogP contribution in [0, 0.1) is 0 Å². The molecule has 2 amide bonds. The molecule has 1 aliphatic rings. The third kappa shape index (κ3) is 5.98. The fourth-order valence-corrected chi connectivity index (χ4v) is 5.63. The number of carbonyl (C=O) groups is 2. The van der Waals surface area contributed by atoms with Crippen LogP contribution in [0.25, 0.3) is 21.9 Å². The smallest absolute Gasteiger partial charge is 0.415 e. The summed E-state index contributed by atoms with van der Waals surface area (Å²) in [5.41, 5.74) is 4.00. The van der Waals surface area contributed by atoms with Gasteiger partial charge in [0.05, 0.1) is 13.2 Å². The van der Waals surface area contributed by atoms with Crippen LogP contribution in [0.4, 0.5) is 4.79 Å². The van der Waals surface area contributed by atoms with Crippen LogP contribution in [-0.2, 0) is 0 Å². The molecule has 42 heavy (non-hydrogen) atoms. The van der Waals surface area contributed by atoms with Gasteiger partial charge in [-0.05, 0) is 58.1 Å². The third-order valence-electron chi connectivity index (χ3n) is 7.89. The van der Waals surface area contributed by atoms with Crippen molar-refractivity contribution in [3.05, 3.63) is 132 Å². The number of carbonyl (C=O) groups excluding carboxylic acids is 2. The van der Waals surface area contributed by atoms with Crippen LogP contribution in [0.1, 0.15) is 28.3 Å². The molecule has 0 bridgehead atoms. The van der Waals surface area contributed by atoms with Gasteiger partial charge in [-0.1, -0.05) is 91.0 Å². The fourth-order valence-electron chi connectivity index (χ4n) is 5.63. The number of rotatable bonds is 6. The van der Waals surface area contributed by atoms with Gasteiger partial charge < -0.3 is 19.7 Å². The summed E-state index contributed by atoms with van der Waals surface area (Å²) in [6.45, 7) is 0.837. The zero-order valence-corrected chi connectivity index (χ0v) is 23.4. The quantitative estimate of drug-likeness (QED) is 0.238. The van der Waals surface area contributed by atoms with E-state index in [1.165, 1.54) is 0 Å². The molecular weight excluding hydrogens is 524 g/mol. The van der Waals surface area contributed by atoms with E-state index in [-0.39, 0.29) is 17.9 Å². The number of likely N-dealkylation sites (tertiary alicyclic amines) is 1. The van der Waals surface area contributed by atoms with Gasteiger partial charge in [0.25, 0.3) is 5.91 Å². The number of amides is 2. The summed E-state index contributed by atoms with van der Waals surface area (Å²) >= 11 is 0. The number of piperidine rings is 1. The van der Waals surface area contributed by atoms with Crippen LogP contribution in [-0.4, -0.2) is 43.1 Å². The Kier molecular flexibility index (Phi) is 7.86. The van der Waals surface area contributed by atoms with Crippen LogP contribution in [0.2, 0.25) is 0 Å². The number of ether oxygens (including phenoxy) is 2. The molecule has 0 aromatic heterocycles. The number of hydrogen-bond donors (Lipinski definition) is 1. The Balaban J connectivity index is 1.24. The van der Waals surface area contributed by atoms with Gasteiger partial charge in [0.1, 0.15) is 11.5 Å². The van der Waals surface area contributed by atoms with E-state index < -0.39 is 6.09 Å². The first-order valence-electron chi connectivity index (χ1n) is 14.1. The molecule has 0 spiro atoms. The summed E-state index contributed by atoms with van der Waals surface area (Å²) in [7, 11) is 1.57. The van der Waals surface area contributed by atoms with Crippen molar-refractivity contribution in [2.45, 2.75) is 18.4 Å². The van der Waals surface area contributed by atoms with Crippen molar-refractivity contribution in [1.29, 1.82) is 0 Å². The Morgan fingerprint density at radius 2 is 1.45 bits per heavy atom. The lowest BCUT2D eigenvalue weighted by atomic mass is 9.84. The van der Waals surface area contributed by atoms with Crippen molar-refractivity contribution in [3.8, 4) is 22.6 Å². The van der Waals surface area contributed by atoms with Gasteiger partial charge in [0.2, 0.25) is 0 Å². The van der Waals surface area contributed by atoms with Gasteiger partial charge in [-0.2, -0.15) is 0 Å². The van der Waals surface area contributed by atoms with Crippen LogP contribution in [0.5, 0.6) is 11.5 Å². The van der Waals surface area contributed by atoms with E-state index >= 15 is 0 Å². The first-order valence-corrected chi connectivity index (χ1v) is 14.1. The molecule has 0 unspecified atom stereocenters. The summed E-state index contributed by atoms with van der Waals surface area (Å²) in [5.74, 6) is 0.882. The lowest BCUT2D eigenvalue weighted by molar-refractivity contribution is 0.0876. The second kappa shape index (κ2) is 12.2. The topological polar surface area (TPSA) is 67.9 Å². The van der Waals surface area contributed by atoms with Crippen LogP contribution in [0.3, 0.4) is 0 Å². The first kappa shape index (κ1) is 27.1. The highest BCUT2D eigenvalue weighted by atomic mass is 16.6. The second-order valence-corrected chi connectivity index (χ2v) is 10.5. The fraction of sp³-hybridized carbons (Fsp3) is 0.167. The van der Waals surface area contributed by atoms with E-state index in [9.17, 15) is 9.59 Å². The monoisotopic (exact) mass is 556 g/mol. The van der Waals surface area contributed by atoms with E-state index in [0.29, 0.717) is 36.6 Å². The molecule has 210 valence electrons. The van der Waals surface area contributed by atoms with Gasteiger partial charge in [-0.25, -0.2) is 4.79 Å². The number of hydrogen-bond acceptors (Lipinski definition) is 4. The highest BCUT2D eigenvalue weighted by Crippen LogP contribution is 2.32. The zero-order chi connectivity index (χ0) is 28.9. The predicted molar refractivity (Wildman–Crippen MR) is 165 cm³/mol. The van der Waals surface area contributed by atoms with Crippen molar-refractivity contribution < 1.29 is 19.1 Å². The minimum absolute atomic E-state index is 0.0279. The number of methoxy groups -OCH3 is 1. The molecule has 1 heterocycles. The van der Waals surface area contributed by atoms with E-state index in [2.05, 4.69) is 41.7 Å². The SMILES string of the molecule is COc1cccc(OC(=O)N2CC[C@H](c3ccc(-c4ccccc4)cc3)[C@@H](NC(=O)c3ccc4ccccc4c3)C2)c1. The minimum atomic E-state index is -0.453. The molecule has 1 N–H and O–H groups in total. The second-order valence-electron chi connectivity index (χ2n) is 10.5. The van der Waals surface area contributed by atoms with Crippen LogP contribution >= 0.6 is 0 Å². The standard InChI is InChI=1S/C36H32N2O4/c1-41-31-12-7-13-32(23-31)42-36(40)38-21-20-33(28-17-14-27(15-18-28)25-8-3-2-4-9-25)34(24-38)37-35(39)30-19-16-26-10-5-6-11-29(26)22-30/h2-19,22-23,33-34H,20-21,24H2,1H3,(H,37,39)/t33-,34+/m1/s1. The summed E-state index contributed by atoms with van der Waals surface area (Å²) in [6.07, 6.45) is 0.228. The Morgan fingerprint density at radius 3 is 2.24 bits per heavy atom. The van der Waals surface area contributed by atoms with Crippen molar-refractivity contribution >= 4 is 22.8 Å². The van der Waals surface area contributed by atoms with Crippen molar-refractivity contribution in [3.63, 3.8) is 0 Å². The molecule has 2 atom stereocenters. The number of benzene rings is 5. The molecule has 1 fully saturated rings. The largest absolute Gasteiger partial charge is 0.497 e. The molecule has 5 aromatic rings. The maximum Gasteiger partial charge on any atom is 0.415 e. The van der Waals surface area contributed by atoms with Gasteiger partial charge >= 0.3 is 6.09 Å². The molecular formula is C36H32N2O4. The lowest BCUT2D eigenvalue weighted by Crippen LogP contribution is -2.53. The Morgan fingerprint density at radius 1 is 0.738 bits per heavy atom.